The van der Waals surface area contributed by atoms with E-state index in [1.54, 1.807) is 12.2 Å². The van der Waals surface area contributed by atoms with Gasteiger partial charge in [-0.3, -0.25) is 37.3 Å². The Labute approximate surface area is 652 Å². The van der Waals surface area contributed by atoms with Crippen molar-refractivity contribution in [2.75, 3.05) is 39.6 Å². The van der Waals surface area contributed by atoms with Gasteiger partial charge in [0, 0.05) is 19.3 Å². The molecule has 0 saturated heterocycles. The van der Waals surface area contributed by atoms with E-state index in [-0.39, 0.29) is 25.7 Å². The predicted octanol–water partition coefficient (Wildman–Crippen LogP) is 23.9. The van der Waals surface area contributed by atoms with Gasteiger partial charge in [0.2, 0.25) is 0 Å². The molecule has 5 unspecified atom stereocenters. The Balaban J connectivity index is 5.54. The maximum Gasteiger partial charge on any atom is 0.472 e. The molecule has 3 N–H and O–H groups in total. The summed E-state index contributed by atoms with van der Waals surface area (Å²) >= 11 is 0. The van der Waals surface area contributed by atoms with Crippen LogP contribution in [0.2, 0.25) is 0 Å². The van der Waals surface area contributed by atoms with Crippen molar-refractivity contribution in [3.05, 3.63) is 207 Å². The number of esters is 4. The summed E-state index contributed by atoms with van der Waals surface area (Å²) in [7, 11) is -10.0. The largest absolute Gasteiger partial charge is 0.472 e. The average molecular weight is 1540 g/mol. The summed E-state index contributed by atoms with van der Waals surface area (Å²) in [5, 5.41) is 10.6. The second-order valence-corrected chi connectivity index (χ2v) is 28.8. The van der Waals surface area contributed by atoms with Crippen molar-refractivity contribution >= 4 is 39.5 Å². The van der Waals surface area contributed by atoms with Gasteiger partial charge in [-0.25, -0.2) is 9.13 Å². The molecule has 0 aromatic carbocycles. The van der Waals surface area contributed by atoms with Gasteiger partial charge in [-0.1, -0.05) is 286 Å². The van der Waals surface area contributed by atoms with Crippen molar-refractivity contribution in [2.24, 2.45) is 0 Å². The number of aliphatic hydroxyl groups excluding tert-OH is 1. The third-order valence-corrected chi connectivity index (χ3v) is 17.7. The van der Waals surface area contributed by atoms with E-state index in [1.807, 2.05) is 24.3 Å². The SMILES string of the molecule is CC/C=C\C/C=C\C/C=C\C/C=C\C/C=C\CCCC(=O)OCC(COP(=O)(O)OCC(O)COP(=O)(O)OCC(COC(=O)CCCCCCCC/C=C\C/C=C\C/C=C\CCCCC)OC(=O)C/C=C\C/C=C\C/C=C\C/C=C\C/C=C\CC)OC(=O)CCCCCC/C=C\C/C=C\C/C=C\C/C=C\CC. The fraction of sp³-hybridized carbons (Fsp3) is 0.573. The summed E-state index contributed by atoms with van der Waals surface area (Å²) in [5.74, 6) is -2.46. The van der Waals surface area contributed by atoms with Crippen LogP contribution in [0.15, 0.2) is 207 Å². The van der Waals surface area contributed by atoms with Gasteiger partial charge in [-0.2, -0.15) is 0 Å². The molecule has 108 heavy (non-hydrogen) atoms. The molecular formula is C89H140O17P2. The second-order valence-electron chi connectivity index (χ2n) is 25.9. The molecule has 0 aliphatic heterocycles. The van der Waals surface area contributed by atoms with Crippen molar-refractivity contribution in [3.8, 4) is 0 Å². The number of hydrogen-bond donors (Lipinski definition) is 3. The number of aliphatic hydroxyl groups is 1. The molecule has 0 radical (unpaired) electrons. The van der Waals surface area contributed by atoms with Crippen molar-refractivity contribution in [3.63, 3.8) is 0 Å². The average Bonchev–Trinajstić information content (AvgIpc) is 0.901. The summed E-state index contributed by atoms with van der Waals surface area (Å²) in [6, 6.07) is 0. The van der Waals surface area contributed by atoms with Crippen molar-refractivity contribution in [1.29, 1.82) is 0 Å². The topological polar surface area (TPSA) is 237 Å². The number of phosphoric ester groups is 2. The second kappa shape index (κ2) is 78.8. The predicted molar refractivity (Wildman–Crippen MR) is 445 cm³/mol. The van der Waals surface area contributed by atoms with Gasteiger partial charge in [-0.05, 0) is 167 Å². The van der Waals surface area contributed by atoms with E-state index in [0.717, 1.165) is 167 Å². The monoisotopic (exact) mass is 1540 g/mol. The zero-order valence-corrected chi connectivity index (χ0v) is 68.2. The summed E-state index contributed by atoms with van der Waals surface area (Å²) in [4.78, 5) is 73.0. The smallest absolute Gasteiger partial charge is 0.462 e. The van der Waals surface area contributed by atoms with Crippen LogP contribution >= 0.6 is 15.6 Å². The lowest BCUT2D eigenvalue weighted by Crippen LogP contribution is -2.30. The summed E-state index contributed by atoms with van der Waals surface area (Å²) in [5.41, 5.74) is 0. The first-order valence-electron chi connectivity index (χ1n) is 40.3. The molecule has 5 atom stereocenters. The lowest BCUT2D eigenvalue weighted by Gasteiger charge is -2.21. The third-order valence-electron chi connectivity index (χ3n) is 15.8. The van der Waals surface area contributed by atoms with E-state index in [0.29, 0.717) is 32.1 Å². The highest BCUT2D eigenvalue weighted by molar-refractivity contribution is 7.47. The van der Waals surface area contributed by atoms with E-state index < -0.39 is 97.5 Å². The molecule has 608 valence electrons. The third kappa shape index (κ3) is 77.8. The lowest BCUT2D eigenvalue weighted by molar-refractivity contribution is -0.161. The molecule has 17 nitrogen and oxygen atoms in total. The molecule has 0 bridgehead atoms. The van der Waals surface area contributed by atoms with Crippen LogP contribution in [0.4, 0.5) is 0 Å². The van der Waals surface area contributed by atoms with Crippen LogP contribution in [0.5, 0.6) is 0 Å². The fourth-order valence-electron chi connectivity index (χ4n) is 9.74. The maximum atomic E-state index is 13.1. The number of ether oxygens (including phenoxy) is 4. The number of carbonyl (C=O) groups excluding carboxylic acids is 4. The quantitative estimate of drug-likeness (QED) is 0.0169. The van der Waals surface area contributed by atoms with Crippen LogP contribution in [0.1, 0.15) is 272 Å². The Hall–Kier alpha value is -6.36. The van der Waals surface area contributed by atoms with Gasteiger partial charge in [0.05, 0.1) is 32.8 Å². The molecule has 0 heterocycles. The van der Waals surface area contributed by atoms with Gasteiger partial charge < -0.3 is 33.8 Å². The number of carbonyl (C=O) groups is 4. The number of hydrogen-bond acceptors (Lipinski definition) is 15. The number of allylic oxidation sites excluding steroid dienone is 33. The molecule has 0 rings (SSSR count). The zero-order chi connectivity index (χ0) is 78.9. The standard InChI is InChI=1S/C89H140O17P2/c1-5-9-13-17-21-25-29-33-37-40-41-44-47-50-54-58-62-66-70-74-87(92)100-79-84(105-88(93)75-71-67-63-59-55-51-45-36-32-28-24-20-16-12-8-4)81-103-107(95,96)101-77-83(90)78-102-108(97,98)104-82-85(106-89(94)76-72-68-64-60-56-52-48-43-39-35-31-27-23-19-15-11-7-3)80-99-86(91)73-69-65-61-57-53-49-46-42-38-34-30-26-22-18-14-10-6-2/h10-12,14-16,21-28,33-39,41,44-46,48-49,52,55,57,59,61,67,71,83-85,90H,5-9,13,17-20,29-32,40,42-43,47,50-51,53-54,56,58,60,62-66,68-70,72-82H2,1-4H3,(H,95,96)(H,97,98)/b14-10-,15-11-,16-12-,25-21-,26-22-,27-23-,28-24-,37-33-,38-34-,39-35-,44-41-,45-36-,49-46-,52-48-,59-55-,61-57-,71-67-. The number of rotatable bonds is 73. The van der Waals surface area contributed by atoms with Crippen molar-refractivity contribution in [2.45, 2.75) is 290 Å². The maximum absolute atomic E-state index is 13.1. The minimum absolute atomic E-state index is 0.0429. The number of phosphoric acid groups is 2. The van der Waals surface area contributed by atoms with Gasteiger partial charge in [0.25, 0.3) is 0 Å². The minimum Gasteiger partial charge on any atom is -0.462 e. The molecular weight excluding hydrogens is 1400 g/mol. The molecule has 0 aliphatic rings. The first-order chi connectivity index (χ1) is 52.7. The Morgan fingerprint density at radius 2 is 0.528 bits per heavy atom. The molecule has 0 amide bonds. The Bertz CT molecular complexity index is 2860. The molecule has 0 aromatic heterocycles. The highest BCUT2D eigenvalue weighted by atomic mass is 31.2. The summed E-state index contributed by atoms with van der Waals surface area (Å²) in [6.45, 7) is 4.25. The molecule has 0 fully saturated rings. The van der Waals surface area contributed by atoms with Crippen LogP contribution in [-0.2, 0) is 65.4 Å². The minimum atomic E-state index is -5.02. The van der Waals surface area contributed by atoms with E-state index >= 15 is 0 Å². The first-order valence-corrected chi connectivity index (χ1v) is 43.3. The molecule has 19 heteroatoms. The zero-order valence-electron chi connectivity index (χ0n) is 66.4. The van der Waals surface area contributed by atoms with Gasteiger partial charge >= 0.3 is 39.5 Å². The fourth-order valence-corrected chi connectivity index (χ4v) is 11.3. The van der Waals surface area contributed by atoms with Crippen LogP contribution in [0.3, 0.4) is 0 Å². The van der Waals surface area contributed by atoms with E-state index in [2.05, 4.69) is 198 Å². The molecule has 0 aliphatic carbocycles. The van der Waals surface area contributed by atoms with Crippen LogP contribution in [0, 0.1) is 0 Å². The van der Waals surface area contributed by atoms with Crippen LogP contribution < -0.4 is 0 Å². The van der Waals surface area contributed by atoms with E-state index in [9.17, 15) is 43.2 Å². The van der Waals surface area contributed by atoms with E-state index in [4.69, 9.17) is 37.0 Å². The van der Waals surface area contributed by atoms with Gasteiger partial charge in [0.1, 0.15) is 19.3 Å². The van der Waals surface area contributed by atoms with Gasteiger partial charge in [0.15, 0.2) is 12.2 Å². The van der Waals surface area contributed by atoms with Crippen LogP contribution in [-0.4, -0.2) is 96.7 Å². The molecule has 0 saturated carbocycles. The Morgan fingerprint density at radius 3 is 0.861 bits per heavy atom. The Kier molecular flexibility index (Phi) is 74.1. The number of unbranched alkanes of at least 4 members (excludes halogenated alkanes) is 14. The summed E-state index contributed by atoms with van der Waals surface area (Å²) < 4.78 is 68.4. The molecule has 0 spiro atoms. The first kappa shape index (κ1) is 102. The highest BCUT2D eigenvalue weighted by Crippen LogP contribution is 2.45. The van der Waals surface area contributed by atoms with Crippen molar-refractivity contribution < 1.29 is 80.2 Å². The normalized spacial score (nSPS) is 14.9. The van der Waals surface area contributed by atoms with E-state index in [1.165, 1.54) is 19.3 Å². The van der Waals surface area contributed by atoms with Crippen LogP contribution in [0.25, 0.3) is 0 Å². The lowest BCUT2D eigenvalue weighted by atomic mass is 10.1. The summed E-state index contributed by atoms with van der Waals surface area (Å²) in [6.07, 6.45) is 98.4. The molecule has 0 aromatic rings. The van der Waals surface area contributed by atoms with Gasteiger partial charge in [-0.15, -0.1) is 0 Å². The Morgan fingerprint density at radius 1 is 0.278 bits per heavy atom. The highest BCUT2D eigenvalue weighted by Gasteiger charge is 2.30. The van der Waals surface area contributed by atoms with Crippen molar-refractivity contribution in [1.82, 2.24) is 0 Å².